The topological polar surface area (TPSA) is 38.7 Å². The van der Waals surface area contributed by atoms with E-state index >= 15 is 0 Å². The zero-order valence-corrected chi connectivity index (χ0v) is 10.3. The van der Waals surface area contributed by atoms with E-state index in [-0.39, 0.29) is 12.2 Å². The van der Waals surface area contributed by atoms with E-state index in [2.05, 4.69) is 0 Å². The van der Waals surface area contributed by atoms with Gasteiger partial charge in [0.2, 0.25) is 0 Å². The largest absolute Gasteiger partial charge is 0.490 e. The number of para-hydroxylation sites is 2. The fraction of sp³-hybridized carbons (Fsp3) is 0.571. The minimum absolute atomic E-state index is 0.0923. The van der Waals surface area contributed by atoms with E-state index < -0.39 is 0 Å². The Morgan fingerprint density at radius 1 is 1.18 bits per heavy atom. The lowest BCUT2D eigenvalue weighted by Crippen LogP contribution is -2.34. The first-order chi connectivity index (χ1) is 8.31. The highest BCUT2D eigenvalue weighted by molar-refractivity contribution is 5.39. The molecule has 2 atom stereocenters. The Labute approximate surface area is 102 Å². The zero-order chi connectivity index (χ0) is 12.1. The Kier molecular flexibility index (Phi) is 4.26. The molecule has 17 heavy (non-hydrogen) atoms. The second-order valence-electron chi connectivity index (χ2n) is 4.39. The van der Waals surface area contributed by atoms with Crippen LogP contribution in [0.2, 0.25) is 0 Å². The van der Waals surface area contributed by atoms with Gasteiger partial charge in [-0.1, -0.05) is 18.6 Å². The molecule has 0 aliphatic heterocycles. The molecule has 3 nitrogen and oxygen atoms in total. The van der Waals surface area contributed by atoms with Gasteiger partial charge in [0.1, 0.15) is 6.10 Å². The van der Waals surface area contributed by atoms with E-state index in [4.69, 9.17) is 9.47 Å². The molecule has 0 radical (unpaired) electrons. The summed E-state index contributed by atoms with van der Waals surface area (Å²) < 4.78 is 11.4. The molecule has 1 fully saturated rings. The van der Waals surface area contributed by atoms with Gasteiger partial charge < -0.3 is 14.6 Å². The molecule has 0 bridgehead atoms. The monoisotopic (exact) mass is 236 g/mol. The lowest BCUT2D eigenvalue weighted by Gasteiger charge is -2.28. The van der Waals surface area contributed by atoms with Crippen LogP contribution in [-0.4, -0.2) is 23.9 Å². The van der Waals surface area contributed by atoms with E-state index in [0.29, 0.717) is 6.61 Å². The molecule has 0 amide bonds. The van der Waals surface area contributed by atoms with Crippen LogP contribution in [0.3, 0.4) is 0 Å². The zero-order valence-electron chi connectivity index (χ0n) is 10.3. The highest BCUT2D eigenvalue weighted by Gasteiger charge is 2.25. The number of benzene rings is 1. The Hall–Kier alpha value is -1.22. The maximum atomic E-state index is 9.89. The first kappa shape index (κ1) is 12.2. The van der Waals surface area contributed by atoms with E-state index in [1.54, 1.807) is 0 Å². The maximum Gasteiger partial charge on any atom is 0.161 e. The molecule has 0 unspecified atom stereocenters. The first-order valence-corrected chi connectivity index (χ1v) is 6.38. The quantitative estimate of drug-likeness (QED) is 0.873. The lowest BCUT2D eigenvalue weighted by molar-refractivity contribution is 0.00545. The molecule has 0 saturated heterocycles. The summed E-state index contributed by atoms with van der Waals surface area (Å²) in [5.74, 6) is 1.49. The average molecular weight is 236 g/mol. The minimum atomic E-state index is -0.349. The fourth-order valence-corrected chi connectivity index (χ4v) is 2.20. The normalized spacial score (nSPS) is 24.4. The van der Waals surface area contributed by atoms with Gasteiger partial charge >= 0.3 is 0 Å². The smallest absolute Gasteiger partial charge is 0.161 e. The summed E-state index contributed by atoms with van der Waals surface area (Å²) in [4.78, 5) is 0. The Bertz CT molecular complexity index is 351. The predicted octanol–water partition coefficient (Wildman–Crippen LogP) is 2.77. The van der Waals surface area contributed by atoms with Gasteiger partial charge in [0, 0.05) is 0 Å². The second-order valence-corrected chi connectivity index (χ2v) is 4.39. The van der Waals surface area contributed by atoms with Crippen molar-refractivity contribution >= 4 is 0 Å². The summed E-state index contributed by atoms with van der Waals surface area (Å²) in [5.41, 5.74) is 0. The van der Waals surface area contributed by atoms with Crippen molar-refractivity contribution in [1.82, 2.24) is 0 Å². The van der Waals surface area contributed by atoms with Crippen molar-refractivity contribution in [2.45, 2.75) is 44.8 Å². The summed E-state index contributed by atoms with van der Waals surface area (Å²) in [6.45, 7) is 2.57. The molecule has 0 aromatic heterocycles. The average Bonchev–Trinajstić information content (AvgIpc) is 2.35. The van der Waals surface area contributed by atoms with Crippen LogP contribution in [0.4, 0.5) is 0 Å². The third-order valence-electron chi connectivity index (χ3n) is 3.10. The molecule has 3 heteroatoms. The van der Waals surface area contributed by atoms with Crippen molar-refractivity contribution in [3.05, 3.63) is 24.3 Å². The molecule has 1 aromatic carbocycles. The van der Waals surface area contributed by atoms with Crippen LogP contribution in [0, 0.1) is 0 Å². The molecule has 94 valence electrons. The maximum absolute atomic E-state index is 9.89. The SMILES string of the molecule is CCOc1ccccc1O[C@@H]1CCCC[C@H]1O. The number of aliphatic hydroxyl groups is 1. The van der Waals surface area contributed by atoms with E-state index in [9.17, 15) is 5.11 Å². The van der Waals surface area contributed by atoms with Crippen molar-refractivity contribution in [2.75, 3.05) is 6.61 Å². The van der Waals surface area contributed by atoms with Crippen LogP contribution in [0.5, 0.6) is 11.5 Å². The number of aliphatic hydroxyl groups excluding tert-OH is 1. The first-order valence-electron chi connectivity index (χ1n) is 6.38. The molecule has 0 heterocycles. The fourth-order valence-electron chi connectivity index (χ4n) is 2.20. The van der Waals surface area contributed by atoms with E-state index in [1.165, 1.54) is 0 Å². The van der Waals surface area contributed by atoms with Gasteiger partial charge in [-0.3, -0.25) is 0 Å². The van der Waals surface area contributed by atoms with Gasteiger partial charge in [0.15, 0.2) is 11.5 Å². The molecule has 1 N–H and O–H groups in total. The Morgan fingerprint density at radius 2 is 1.88 bits per heavy atom. The second kappa shape index (κ2) is 5.92. The molecule has 0 spiro atoms. The summed E-state index contributed by atoms with van der Waals surface area (Å²) in [6, 6.07) is 7.64. The summed E-state index contributed by atoms with van der Waals surface area (Å²) >= 11 is 0. The minimum Gasteiger partial charge on any atom is -0.490 e. The van der Waals surface area contributed by atoms with Gasteiger partial charge in [-0.05, 0) is 38.3 Å². The predicted molar refractivity (Wildman–Crippen MR) is 66.5 cm³/mol. The van der Waals surface area contributed by atoms with Crippen molar-refractivity contribution in [3.63, 3.8) is 0 Å². The van der Waals surface area contributed by atoms with Crippen molar-refractivity contribution in [1.29, 1.82) is 0 Å². The number of hydrogen-bond acceptors (Lipinski definition) is 3. The summed E-state index contributed by atoms with van der Waals surface area (Å²) in [6.07, 6.45) is 3.53. The van der Waals surface area contributed by atoms with Gasteiger partial charge in [0.25, 0.3) is 0 Å². The lowest BCUT2D eigenvalue weighted by atomic mass is 9.95. The molecule has 1 saturated carbocycles. The van der Waals surface area contributed by atoms with E-state index in [1.807, 2.05) is 31.2 Å². The van der Waals surface area contributed by atoms with Crippen LogP contribution in [0.15, 0.2) is 24.3 Å². The van der Waals surface area contributed by atoms with Crippen LogP contribution < -0.4 is 9.47 Å². The van der Waals surface area contributed by atoms with Gasteiger partial charge in [0.05, 0.1) is 12.7 Å². The van der Waals surface area contributed by atoms with Crippen LogP contribution in [0.25, 0.3) is 0 Å². The molecular weight excluding hydrogens is 216 g/mol. The number of ether oxygens (including phenoxy) is 2. The van der Waals surface area contributed by atoms with Crippen molar-refractivity contribution in [2.24, 2.45) is 0 Å². The van der Waals surface area contributed by atoms with Crippen LogP contribution >= 0.6 is 0 Å². The van der Waals surface area contributed by atoms with Crippen LogP contribution in [-0.2, 0) is 0 Å². The van der Waals surface area contributed by atoms with Crippen LogP contribution in [0.1, 0.15) is 32.6 Å². The van der Waals surface area contributed by atoms with Crippen molar-refractivity contribution in [3.8, 4) is 11.5 Å². The number of hydrogen-bond donors (Lipinski definition) is 1. The van der Waals surface area contributed by atoms with E-state index in [0.717, 1.165) is 37.2 Å². The summed E-state index contributed by atoms with van der Waals surface area (Å²) in [7, 11) is 0. The third kappa shape index (κ3) is 3.13. The van der Waals surface area contributed by atoms with Gasteiger partial charge in [-0.2, -0.15) is 0 Å². The number of rotatable bonds is 4. The molecular formula is C14H20O3. The van der Waals surface area contributed by atoms with Gasteiger partial charge in [-0.25, -0.2) is 0 Å². The molecule has 1 aliphatic rings. The van der Waals surface area contributed by atoms with Crippen molar-refractivity contribution < 1.29 is 14.6 Å². The summed E-state index contributed by atoms with van der Waals surface area (Å²) in [5, 5.41) is 9.89. The standard InChI is InChI=1S/C14H20O3/c1-2-16-13-9-5-6-10-14(13)17-12-8-4-3-7-11(12)15/h5-6,9-12,15H,2-4,7-8H2,1H3/t11-,12-/m1/s1. The molecule has 1 aromatic rings. The Morgan fingerprint density at radius 3 is 2.59 bits per heavy atom. The highest BCUT2D eigenvalue weighted by Crippen LogP contribution is 2.30. The highest BCUT2D eigenvalue weighted by atomic mass is 16.5. The molecule has 2 rings (SSSR count). The Balaban J connectivity index is 2.06. The van der Waals surface area contributed by atoms with Gasteiger partial charge in [-0.15, -0.1) is 0 Å². The molecule has 1 aliphatic carbocycles. The third-order valence-corrected chi connectivity index (χ3v) is 3.10.